The predicted molar refractivity (Wildman–Crippen MR) is 130 cm³/mol. The van der Waals surface area contributed by atoms with Crippen molar-refractivity contribution >= 4 is 40.4 Å². The van der Waals surface area contributed by atoms with Gasteiger partial charge in [0.2, 0.25) is 0 Å². The molecule has 0 bridgehead atoms. The Morgan fingerprint density at radius 2 is 1.48 bits per heavy atom. The van der Waals surface area contributed by atoms with Gasteiger partial charge in [0.05, 0.1) is 35.2 Å². The maximum absolute atomic E-state index is 13.6. The van der Waals surface area contributed by atoms with Crippen LogP contribution in [0.3, 0.4) is 0 Å². The molecule has 0 saturated carbocycles. The molecule has 3 aromatic carbocycles. The highest BCUT2D eigenvalue weighted by molar-refractivity contribution is 6.48. The largest absolute Gasteiger partial charge is 0.494 e. The number of carbonyl (C=O) groups is 2. The van der Waals surface area contributed by atoms with Crippen molar-refractivity contribution in [3.8, 4) is 11.5 Å². The molecule has 33 heavy (non-hydrogen) atoms. The van der Waals surface area contributed by atoms with Crippen LogP contribution in [0.2, 0.25) is 5.02 Å². The summed E-state index contributed by atoms with van der Waals surface area (Å²) in [6, 6.07) is 21.1. The average molecular weight is 463 g/mol. The van der Waals surface area contributed by atoms with Gasteiger partial charge in [-0.25, -0.2) is 4.90 Å². The minimum absolute atomic E-state index is 0.149. The number of carbonyl (C=O) groups excluding carboxylic acids is 2. The van der Waals surface area contributed by atoms with Crippen molar-refractivity contribution in [3.63, 3.8) is 0 Å². The molecule has 0 atom stereocenters. The molecule has 1 aliphatic heterocycles. The zero-order chi connectivity index (χ0) is 23.4. The molecule has 0 spiro atoms. The topological polar surface area (TPSA) is 67.9 Å². The maximum atomic E-state index is 13.6. The summed E-state index contributed by atoms with van der Waals surface area (Å²) in [4.78, 5) is 28.2. The van der Waals surface area contributed by atoms with E-state index >= 15 is 0 Å². The summed E-state index contributed by atoms with van der Waals surface area (Å²) in [5.74, 6) is 0.296. The van der Waals surface area contributed by atoms with Crippen molar-refractivity contribution in [2.24, 2.45) is 0 Å². The zero-order valence-electron chi connectivity index (χ0n) is 18.3. The fraction of sp³-hybridized carbons (Fsp3) is 0.154. The summed E-state index contributed by atoms with van der Waals surface area (Å²) < 4.78 is 11.2. The van der Waals surface area contributed by atoms with Crippen molar-refractivity contribution in [3.05, 3.63) is 89.1 Å². The normalized spacial score (nSPS) is 13.5. The SMILES string of the molecule is CCOc1ccc(C2=C(Nc3ccccc3OCC)C(=O)N(c3ccccc3Cl)C2=O)cc1. The molecule has 1 aliphatic rings. The van der Waals surface area contributed by atoms with Crippen molar-refractivity contribution < 1.29 is 19.1 Å². The van der Waals surface area contributed by atoms with Crippen molar-refractivity contribution in [2.45, 2.75) is 13.8 Å². The minimum Gasteiger partial charge on any atom is -0.494 e. The van der Waals surface area contributed by atoms with Crippen molar-refractivity contribution in [2.75, 3.05) is 23.4 Å². The Morgan fingerprint density at radius 1 is 0.818 bits per heavy atom. The Hall–Kier alpha value is -3.77. The number of benzene rings is 3. The molecule has 0 aromatic heterocycles. The molecular formula is C26H23ClN2O4. The number of para-hydroxylation sites is 3. The van der Waals surface area contributed by atoms with Gasteiger partial charge in [0, 0.05) is 0 Å². The molecule has 0 unspecified atom stereocenters. The third-order valence-corrected chi connectivity index (χ3v) is 5.40. The van der Waals surface area contributed by atoms with E-state index in [-0.39, 0.29) is 11.3 Å². The Morgan fingerprint density at radius 3 is 2.18 bits per heavy atom. The Balaban J connectivity index is 1.82. The number of amides is 2. The first-order valence-corrected chi connectivity index (χ1v) is 11.0. The molecular weight excluding hydrogens is 440 g/mol. The number of imide groups is 1. The first-order chi connectivity index (χ1) is 16.0. The molecule has 1 heterocycles. The van der Waals surface area contributed by atoms with E-state index in [2.05, 4.69) is 5.32 Å². The van der Waals surface area contributed by atoms with Gasteiger partial charge in [0.1, 0.15) is 17.2 Å². The number of halogens is 1. The summed E-state index contributed by atoms with van der Waals surface area (Å²) in [5.41, 5.74) is 1.89. The fourth-order valence-corrected chi connectivity index (χ4v) is 3.86. The minimum atomic E-state index is -0.497. The lowest BCUT2D eigenvalue weighted by Crippen LogP contribution is -2.32. The molecule has 0 aliphatic carbocycles. The second-order valence-corrected chi connectivity index (χ2v) is 7.57. The summed E-state index contributed by atoms with van der Waals surface area (Å²) in [6.45, 7) is 4.77. The van der Waals surface area contributed by atoms with E-state index in [1.165, 1.54) is 0 Å². The van der Waals surface area contributed by atoms with Gasteiger partial charge >= 0.3 is 0 Å². The third-order valence-electron chi connectivity index (χ3n) is 5.08. The van der Waals surface area contributed by atoms with E-state index in [1.54, 1.807) is 60.7 Å². The van der Waals surface area contributed by atoms with Crippen LogP contribution in [0.25, 0.3) is 5.57 Å². The van der Waals surface area contributed by atoms with Gasteiger partial charge in [-0.05, 0) is 55.8 Å². The van der Waals surface area contributed by atoms with Gasteiger partial charge in [-0.15, -0.1) is 0 Å². The number of nitrogens with one attached hydrogen (secondary N) is 1. The molecule has 1 N–H and O–H groups in total. The maximum Gasteiger partial charge on any atom is 0.282 e. The number of hydrogen-bond donors (Lipinski definition) is 1. The first kappa shape index (κ1) is 22.4. The number of hydrogen-bond acceptors (Lipinski definition) is 5. The second kappa shape index (κ2) is 9.79. The highest BCUT2D eigenvalue weighted by Crippen LogP contribution is 2.38. The average Bonchev–Trinajstić information content (AvgIpc) is 3.06. The van der Waals surface area contributed by atoms with Crippen LogP contribution in [-0.4, -0.2) is 25.0 Å². The number of ether oxygens (including phenoxy) is 2. The molecule has 0 saturated heterocycles. The van der Waals surface area contributed by atoms with Crippen molar-refractivity contribution in [1.82, 2.24) is 0 Å². The smallest absolute Gasteiger partial charge is 0.282 e. The van der Waals surface area contributed by atoms with E-state index < -0.39 is 11.8 Å². The second-order valence-electron chi connectivity index (χ2n) is 7.16. The van der Waals surface area contributed by atoms with Crippen LogP contribution in [0, 0.1) is 0 Å². The van der Waals surface area contributed by atoms with Crippen LogP contribution in [0.15, 0.2) is 78.5 Å². The molecule has 3 aromatic rings. The van der Waals surface area contributed by atoms with E-state index in [0.717, 1.165) is 4.90 Å². The Bertz CT molecular complexity index is 1220. The van der Waals surface area contributed by atoms with Gasteiger partial charge in [0.25, 0.3) is 11.8 Å². The lowest BCUT2D eigenvalue weighted by atomic mass is 10.0. The Kier molecular flexibility index (Phi) is 6.66. The van der Waals surface area contributed by atoms with Crippen LogP contribution < -0.4 is 19.7 Å². The molecule has 6 nitrogen and oxygen atoms in total. The molecule has 0 fully saturated rings. The Labute approximate surface area is 197 Å². The van der Waals surface area contributed by atoms with Gasteiger partial charge < -0.3 is 14.8 Å². The monoisotopic (exact) mass is 462 g/mol. The van der Waals surface area contributed by atoms with Gasteiger partial charge in [-0.1, -0.05) is 48.0 Å². The van der Waals surface area contributed by atoms with Crippen LogP contribution in [-0.2, 0) is 9.59 Å². The van der Waals surface area contributed by atoms with Crippen LogP contribution >= 0.6 is 11.6 Å². The zero-order valence-corrected chi connectivity index (χ0v) is 19.1. The van der Waals surface area contributed by atoms with Crippen molar-refractivity contribution in [1.29, 1.82) is 0 Å². The summed E-state index contributed by atoms with van der Waals surface area (Å²) >= 11 is 6.34. The lowest BCUT2D eigenvalue weighted by molar-refractivity contribution is -0.120. The van der Waals surface area contributed by atoms with E-state index in [1.807, 2.05) is 26.0 Å². The number of anilines is 2. The van der Waals surface area contributed by atoms with E-state index in [9.17, 15) is 9.59 Å². The van der Waals surface area contributed by atoms with Crippen LogP contribution in [0.4, 0.5) is 11.4 Å². The van der Waals surface area contributed by atoms with E-state index in [4.69, 9.17) is 21.1 Å². The number of nitrogens with zero attached hydrogens (tertiary/aromatic N) is 1. The summed E-state index contributed by atoms with van der Waals surface area (Å²) in [7, 11) is 0. The van der Waals surface area contributed by atoms with Gasteiger partial charge in [-0.3, -0.25) is 9.59 Å². The summed E-state index contributed by atoms with van der Waals surface area (Å²) in [5, 5.41) is 3.46. The molecule has 0 radical (unpaired) electrons. The highest BCUT2D eigenvalue weighted by Gasteiger charge is 2.41. The standard InChI is InChI=1S/C26H23ClN2O4/c1-3-32-18-15-13-17(14-16-18)23-24(28-20-10-6-8-12-22(20)33-4-2)26(31)29(25(23)30)21-11-7-5-9-19(21)27/h5-16,28H,3-4H2,1-2H3. The lowest BCUT2D eigenvalue weighted by Gasteiger charge is -2.17. The molecule has 7 heteroatoms. The van der Waals surface area contributed by atoms with E-state index in [0.29, 0.717) is 46.7 Å². The number of rotatable bonds is 8. The fourth-order valence-electron chi connectivity index (χ4n) is 3.64. The van der Waals surface area contributed by atoms with Gasteiger partial charge in [-0.2, -0.15) is 0 Å². The quantitative estimate of drug-likeness (QED) is 0.445. The van der Waals surface area contributed by atoms with Crippen LogP contribution in [0.1, 0.15) is 19.4 Å². The van der Waals surface area contributed by atoms with Gasteiger partial charge in [0.15, 0.2) is 0 Å². The molecule has 2 amide bonds. The first-order valence-electron chi connectivity index (χ1n) is 10.6. The third kappa shape index (κ3) is 4.43. The van der Waals surface area contributed by atoms with Crippen LogP contribution in [0.5, 0.6) is 11.5 Å². The highest BCUT2D eigenvalue weighted by atomic mass is 35.5. The predicted octanol–water partition coefficient (Wildman–Crippen LogP) is 5.53. The molecule has 168 valence electrons. The summed E-state index contributed by atoms with van der Waals surface area (Å²) in [6.07, 6.45) is 0. The molecule has 4 rings (SSSR count).